The number of hydrogen-bond acceptors (Lipinski definition) is 3. The molecule has 2 aliphatic carbocycles. The lowest BCUT2D eigenvalue weighted by atomic mass is 9.91. The molecule has 2 aliphatic rings. The van der Waals surface area contributed by atoms with Gasteiger partial charge in [-0.3, -0.25) is 4.98 Å². The lowest BCUT2D eigenvalue weighted by molar-refractivity contribution is 0.368. The van der Waals surface area contributed by atoms with E-state index in [1.54, 1.807) is 12.3 Å². The van der Waals surface area contributed by atoms with Crippen molar-refractivity contribution in [1.82, 2.24) is 4.98 Å². The Morgan fingerprint density at radius 3 is 2.80 bits per heavy atom. The Morgan fingerprint density at radius 2 is 2.10 bits per heavy atom. The highest BCUT2D eigenvalue weighted by Gasteiger charge is 2.42. The minimum atomic E-state index is -3.14. The van der Waals surface area contributed by atoms with Crippen LogP contribution in [0.15, 0.2) is 16.7 Å². The summed E-state index contributed by atoms with van der Waals surface area (Å²) in [7, 11) is -3.14. The number of hydrogen-bond donors (Lipinski definition) is 0. The van der Waals surface area contributed by atoms with Crippen LogP contribution in [0, 0.1) is 17.8 Å². The first-order valence-electron chi connectivity index (χ1n) is 6.93. The van der Waals surface area contributed by atoms with E-state index < -0.39 is 9.84 Å². The van der Waals surface area contributed by atoms with E-state index in [-0.39, 0.29) is 11.5 Å². The molecule has 1 aromatic rings. The summed E-state index contributed by atoms with van der Waals surface area (Å²) in [5, 5.41) is 0.411. The van der Waals surface area contributed by atoms with Gasteiger partial charge in [-0.2, -0.15) is 0 Å². The van der Waals surface area contributed by atoms with Crippen LogP contribution in [0.25, 0.3) is 0 Å². The third kappa shape index (κ3) is 3.55. The standard InChI is InChI=1S/C14H17BrClNO2S/c15-12-5-13(16)14(17-6-12)8-20(18,19)7-9-1-2-10-4-11(10)3-9/h5-6,9-11H,1-4,7-8H2. The van der Waals surface area contributed by atoms with E-state index in [1.165, 1.54) is 12.8 Å². The predicted molar refractivity (Wildman–Crippen MR) is 83.4 cm³/mol. The summed E-state index contributed by atoms with van der Waals surface area (Å²) >= 11 is 9.32. The van der Waals surface area contributed by atoms with Gasteiger partial charge in [0.05, 0.1) is 22.2 Å². The predicted octanol–water partition coefficient (Wildman–Crippen LogP) is 3.85. The molecule has 0 radical (unpaired) electrons. The van der Waals surface area contributed by atoms with Crippen LogP contribution in [0.1, 0.15) is 31.4 Å². The maximum absolute atomic E-state index is 12.3. The third-order valence-electron chi connectivity index (χ3n) is 4.38. The molecule has 1 aromatic heterocycles. The first kappa shape index (κ1) is 14.8. The van der Waals surface area contributed by atoms with E-state index >= 15 is 0 Å². The van der Waals surface area contributed by atoms with Gasteiger partial charge in [-0.05, 0) is 65.4 Å². The summed E-state index contributed by atoms with van der Waals surface area (Å²) < 4.78 is 25.4. The first-order chi connectivity index (χ1) is 9.43. The van der Waals surface area contributed by atoms with Crippen LogP contribution in [-0.2, 0) is 15.6 Å². The van der Waals surface area contributed by atoms with Crippen LogP contribution < -0.4 is 0 Å². The van der Waals surface area contributed by atoms with Crippen molar-refractivity contribution in [3.63, 3.8) is 0 Å². The maximum atomic E-state index is 12.3. The van der Waals surface area contributed by atoms with Crippen molar-refractivity contribution >= 4 is 37.4 Å². The Morgan fingerprint density at radius 1 is 1.30 bits per heavy atom. The van der Waals surface area contributed by atoms with Gasteiger partial charge in [0.25, 0.3) is 0 Å². The summed E-state index contributed by atoms with van der Waals surface area (Å²) in [6.45, 7) is 0. The van der Waals surface area contributed by atoms with Gasteiger partial charge in [0, 0.05) is 10.7 Å². The molecule has 2 saturated carbocycles. The second-order valence-electron chi connectivity index (χ2n) is 6.07. The summed E-state index contributed by atoms with van der Waals surface area (Å²) in [4.78, 5) is 4.12. The summed E-state index contributed by atoms with van der Waals surface area (Å²) in [6, 6.07) is 1.69. The van der Waals surface area contributed by atoms with Crippen LogP contribution in [0.3, 0.4) is 0 Å². The van der Waals surface area contributed by atoms with Gasteiger partial charge in [-0.15, -0.1) is 0 Å². The quantitative estimate of drug-likeness (QED) is 0.799. The van der Waals surface area contributed by atoms with Gasteiger partial charge in [-0.25, -0.2) is 8.42 Å². The molecule has 0 bridgehead atoms. The number of pyridine rings is 1. The van der Waals surface area contributed by atoms with E-state index in [9.17, 15) is 8.42 Å². The highest BCUT2D eigenvalue weighted by molar-refractivity contribution is 9.10. The number of aromatic nitrogens is 1. The van der Waals surface area contributed by atoms with Crippen molar-refractivity contribution in [2.45, 2.75) is 31.4 Å². The molecule has 3 atom stereocenters. The Hall–Kier alpha value is -0.130. The molecule has 6 heteroatoms. The van der Waals surface area contributed by atoms with Gasteiger partial charge in [0.15, 0.2) is 9.84 Å². The normalized spacial score (nSPS) is 29.0. The molecule has 0 N–H and O–H groups in total. The van der Waals surface area contributed by atoms with Crippen molar-refractivity contribution in [1.29, 1.82) is 0 Å². The minimum absolute atomic E-state index is 0.0519. The van der Waals surface area contributed by atoms with Gasteiger partial charge in [0.2, 0.25) is 0 Å². The lowest BCUT2D eigenvalue weighted by Crippen LogP contribution is -2.21. The van der Waals surface area contributed by atoms with Crippen molar-refractivity contribution in [2.24, 2.45) is 17.8 Å². The van der Waals surface area contributed by atoms with Gasteiger partial charge in [0.1, 0.15) is 0 Å². The monoisotopic (exact) mass is 377 g/mol. The largest absolute Gasteiger partial charge is 0.257 e. The molecule has 20 heavy (non-hydrogen) atoms. The zero-order valence-electron chi connectivity index (χ0n) is 11.1. The molecule has 2 fully saturated rings. The number of nitrogens with zero attached hydrogens (tertiary/aromatic N) is 1. The van der Waals surface area contributed by atoms with Crippen molar-refractivity contribution in [3.05, 3.63) is 27.5 Å². The Kier molecular flexibility index (Phi) is 4.13. The van der Waals surface area contributed by atoms with Crippen molar-refractivity contribution < 1.29 is 8.42 Å². The Bertz CT molecular complexity index is 620. The van der Waals surface area contributed by atoms with E-state index in [0.717, 1.165) is 29.2 Å². The molecule has 0 amide bonds. The van der Waals surface area contributed by atoms with E-state index in [0.29, 0.717) is 16.6 Å². The van der Waals surface area contributed by atoms with Crippen LogP contribution in [0.2, 0.25) is 5.02 Å². The molecule has 0 spiro atoms. The molecular weight excluding hydrogens is 362 g/mol. The van der Waals surface area contributed by atoms with Gasteiger partial charge >= 0.3 is 0 Å². The fraction of sp³-hybridized carbons (Fsp3) is 0.643. The molecule has 3 unspecified atom stereocenters. The fourth-order valence-electron chi connectivity index (χ4n) is 3.28. The lowest BCUT2D eigenvalue weighted by Gasteiger charge is -2.20. The zero-order chi connectivity index (χ0) is 14.3. The average Bonchev–Trinajstić information content (AvgIpc) is 3.10. The molecule has 1 heterocycles. The van der Waals surface area contributed by atoms with Crippen molar-refractivity contribution in [3.8, 4) is 0 Å². The van der Waals surface area contributed by atoms with Crippen LogP contribution in [0.4, 0.5) is 0 Å². The fourth-order valence-corrected chi connectivity index (χ4v) is 5.84. The molecule has 3 nitrogen and oxygen atoms in total. The number of fused-ring (bicyclic) bond motifs is 1. The molecule has 0 aliphatic heterocycles. The smallest absolute Gasteiger partial charge is 0.156 e. The average molecular weight is 379 g/mol. The number of halogens is 2. The van der Waals surface area contributed by atoms with Gasteiger partial charge < -0.3 is 0 Å². The minimum Gasteiger partial charge on any atom is -0.257 e. The molecule has 0 saturated heterocycles. The first-order valence-corrected chi connectivity index (χ1v) is 9.92. The van der Waals surface area contributed by atoms with Crippen molar-refractivity contribution in [2.75, 3.05) is 5.75 Å². The zero-order valence-corrected chi connectivity index (χ0v) is 14.2. The van der Waals surface area contributed by atoms with E-state index in [1.807, 2.05) is 0 Å². The molecular formula is C14H17BrClNO2S. The highest BCUT2D eigenvalue weighted by atomic mass is 79.9. The second-order valence-corrected chi connectivity index (χ2v) is 9.50. The van der Waals surface area contributed by atoms with E-state index in [2.05, 4.69) is 20.9 Å². The Balaban J connectivity index is 1.65. The summed E-state index contributed by atoms with van der Waals surface area (Å²) in [6.07, 6.45) is 6.26. The highest BCUT2D eigenvalue weighted by Crippen LogP contribution is 2.51. The topological polar surface area (TPSA) is 47.0 Å². The molecule has 110 valence electrons. The molecule has 0 aromatic carbocycles. The molecule has 3 rings (SSSR count). The van der Waals surface area contributed by atoms with Crippen LogP contribution in [0.5, 0.6) is 0 Å². The van der Waals surface area contributed by atoms with E-state index in [4.69, 9.17) is 11.6 Å². The van der Waals surface area contributed by atoms with Crippen LogP contribution in [-0.4, -0.2) is 19.2 Å². The number of rotatable bonds is 4. The summed E-state index contributed by atoms with van der Waals surface area (Å²) in [5.74, 6) is 2.27. The third-order valence-corrected chi connectivity index (χ3v) is 6.83. The maximum Gasteiger partial charge on any atom is 0.156 e. The SMILES string of the molecule is O=S(=O)(Cc1ncc(Br)cc1Cl)CC1CCC2CC2C1. The number of sulfone groups is 1. The summed E-state index contributed by atoms with van der Waals surface area (Å²) in [5.41, 5.74) is 0.454. The van der Waals surface area contributed by atoms with Gasteiger partial charge in [-0.1, -0.05) is 11.6 Å². The second kappa shape index (κ2) is 5.58. The Labute approximate surface area is 133 Å². The van der Waals surface area contributed by atoms with Crippen LogP contribution >= 0.6 is 27.5 Å².